The van der Waals surface area contributed by atoms with Crippen molar-refractivity contribution in [3.8, 4) is 11.4 Å². The van der Waals surface area contributed by atoms with Crippen LogP contribution in [0.4, 0.5) is 5.82 Å². The van der Waals surface area contributed by atoms with Crippen molar-refractivity contribution in [1.82, 2.24) is 19.7 Å². The van der Waals surface area contributed by atoms with Gasteiger partial charge in [0.2, 0.25) is 11.8 Å². The zero-order valence-corrected chi connectivity index (χ0v) is 16.3. The Morgan fingerprint density at radius 3 is 3.07 bits per heavy atom. The number of fused-ring (bicyclic) bond motifs is 1. The minimum Gasteiger partial charge on any atom is -0.376 e. The summed E-state index contributed by atoms with van der Waals surface area (Å²) >= 11 is 0. The summed E-state index contributed by atoms with van der Waals surface area (Å²) in [5.41, 5.74) is 1.87. The van der Waals surface area contributed by atoms with Gasteiger partial charge < -0.3 is 14.6 Å². The zero-order chi connectivity index (χ0) is 19.5. The molecule has 8 nitrogen and oxygen atoms in total. The van der Waals surface area contributed by atoms with Gasteiger partial charge in [0.15, 0.2) is 0 Å². The standard InChI is InChI=1S/C20H27N5O3/c1-23-9-2-6-17(23)16-13-19-24(20(27)8-11-25(19)22-16)10-3-7-18(26)21-14-15-5-4-12-28-15/h2,6,9,13,15H,3-5,7-8,10-12,14H2,1H3,(H,21,26). The average Bonchev–Trinajstić information content (AvgIpc) is 3.42. The van der Waals surface area contributed by atoms with Crippen molar-refractivity contribution in [2.75, 3.05) is 24.6 Å². The van der Waals surface area contributed by atoms with E-state index in [-0.39, 0.29) is 17.9 Å². The van der Waals surface area contributed by atoms with E-state index in [1.807, 2.05) is 40.7 Å². The molecule has 0 bridgehead atoms. The van der Waals surface area contributed by atoms with Gasteiger partial charge in [-0.1, -0.05) is 0 Å². The van der Waals surface area contributed by atoms with Crippen molar-refractivity contribution in [3.63, 3.8) is 0 Å². The molecule has 28 heavy (non-hydrogen) atoms. The van der Waals surface area contributed by atoms with E-state index >= 15 is 0 Å². The van der Waals surface area contributed by atoms with E-state index in [1.165, 1.54) is 0 Å². The van der Waals surface area contributed by atoms with Gasteiger partial charge in [-0.15, -0.1) is 0 Å². The van der Waals surface area contributed by atoms with Gasteiger partial charge >= 0.3 is 0 Å². The molecule has 1 N–H and O–H groups in total. The number of amides is 2. The lowest BCUT2D eigenvalue weighted by molar-refractivity contribution is -0.122. The van der Waals surface area contributed by atoms with Crippen LogP contribution in [0.1, 0.15) is 32.1 Å². The van der Waals surface area contributed by atoms with E-state index < -0.39 is 0 Å². The number of aromatic nitrogens is 3. The summed E-state index contributed by atoms with van der Waals surface area (Å²) < 4.78 is 9.42. The third kappa shape index (κ3) is 3.96. The Kier molecular flexibility index (Phi) is 5.47. The van der Waals surface area contributed by atoms with Crippen LogP contribution in [0.25, 0.3) is 11.4 Å². The Balaban J connectivity index is 1.34. The number of nitrogens with one attached hydrogen (secondary N) is 1. The summed E-state index contributed by atoms with van der Waals surface area (Å²) in [5.74, 6) is 0.913. The second-order valence-electron chi connectivity index (χ2n) is 7.45. The lowest BCUT2D eigenvalue weighted by Crippen LogP contribution is -2.39. The lowest BCUT2D eigenvalue weighted by atomic mass is 10.2. The van der Waals surface area contributed by atoms with Crippen LogP contribution >= 0.6 is 0 Å². The molecule has 1 saturated heterocycles. The fraction of sp³-hybridized carbons (Fsp3) is 0.550. The summed E-state index contributed by atoms with van der Waals surface area (Å²) in [6.45, 7) is 2.48. The number of nitrogens with zero attached hydrogens (tertiary/aromatic N) is 4. The highest BCUT2D eigenvalue weighted by atomic mass is 16.5. The number of hydrogen-bond acceptors (Lipinski definition) is 4. The van der Waals surface area contributed by atoms with Crippen LogP contribution < -0.4 is 10.2 Å². The molecule has 1 unspecified atom stereocenters. The summed E-state index contributed by atoms with van der Waals surface area (Å²) in [4.78, 5) is 26.3. The molecular formula is C20H27N5O3. The predicted molar refractivity (Wildman–Crippen MR) is 105 cm³/mol. The Morgan fingerprint density at radius 1 is 1.43 bits per heavy atom. The van der Waals surface area contributed by atoms with Gasteiger partial charge in [-0.3, -0.25) is 14.5 Å². The Labute approximate surface area is 164 Å². The molecule has 8 heteroatoms. The molecule has 0 radical (unpaired) electrons. The molecule has 0 spiro atoms. The van der Waals surface area contributed by atoms with E-state index in [2.05, 4.69) is 10.4 Å². The number of aryl methyl sites for hydroxylation is 2. The predicted octanol–water partition coefficient (Wildman–Crippen LogP) is 1.70. The van der Waals surface area contributed by atoms with E-state index in [0.29, 0.717) is 38.9 Å². The molecule has 2 aliphatic rings. The van der Waals surface area contributed by atoms with Gasteiger partial charge in [0.05, 0.1) is 18.3 Å². The molecule has 0 saturated carbocycles. The molecule has 1 fully saturated rings. The molecule has 4 rings (SSSR count). The summed E-state index contributed by atoms with van der Waals surface area (Å²) in [5, 5.41) is 7.60. The van der Waals surface area contributed by atoms with Crippen molar-refractivity contribution in [3.05, 3.63) is 24.4 Å². The van der Waals surface area contributed by atoms with Gasteiger partial charge in [-0.25, -0.2) is 4.68 Å². The Hall–Kier alpha value is -2.61. The molecule has 0 aliphatic carbocycles. The summed E-state index contributed by atoms with van der Waals surface area (Å²) in [7, 11) is 1.98. The van der Waals surface area contributed by atoms with E-state index in [1.54, 1.807) is 4.90 Å². The number of hydrogen-bond donors (Lipinski definition) is 1. The second kappa shape index (κ2) is 8.18. The van der Waals surface area contributed by atoms with Gasteiger partial charge in [0.1, 0.15) is 11.5 Å². The van der Waals surface area contributed by atoms with E-state index in [4.69, 9.17) is 4.74 Å². The van der Waals surface area contributed by atoms with Crippen molar-refractivity contribution in [1.29, 1.82) is 0 Å². The highest BCUT2D eigenvalue weighted by Crippen LogP contribution is 2.28. The molecule has 1 atom stereocenters. The van der Waals surface area contributed by atoms with Gasteiger partial charge in [-0.05, 0) is 31.4 Å². The number of rotatable bonds is 7. The zero-order valence-electron chi connectivity index (χ0n) is 16.3. The van der Waals surface area contributed by atoms with Crippen molar-refractivity contribution in [2.45, 2.75) is 44.8 Å². The molecule has 4 heterocycles. The van der Waals surface area contributed by atoms with Crippen LogP contribution in [-0.2, 0) is 27.9 Å². The highest BCUT2D eigenvalue weighted by Gasteiger charge is 2.26. The maximum absolute atomic E-state index is 12.5. The Morgan fingerprint density at radius 2 is 2.32 bits per heavy atom. The van der Waals surface area contributed by atoms with E-state index in [9.17, 15) is 9.59 Å². The average molecular weight is 385 g/mol. The van der Waals surface area contributed by atoms with Crippen molar-refractivity contribution >= 4 is 17.6 Å². The van der Waals surface area contributed by atoms with Crippen LogP contribution in [0.15, 0.2) is 24.4 Å². The third-order valence-electron chi connectivity index (χ3n) is 5.42. The molecule has 2 amide bonds. The van der Waals surface area contributed by atoms with Crippen LogP contribution in [-0.4, -0.2) is 52.0 Å². The van der Waals surface area contributed by atoms with Crippen LogP contribution in [0.3, 0.4) is 0 Å². The lowest BCUT2D eigenvalue weighted by Gasteiger charge is -2.27. The first-order chi connectivity index (χ1) is 13.6. The van der Waals surface area contributed by atoms with Crippen LogP contribution in [0.5, 0.6) is 0 Å². The molecule has 2 aromatic rings. The molecule has 2 aliphatic heterocycles. The smallest absolute Gasteiger partial charge is 0.229 e. The van der Waals surface area contributed by atoms with Gasteiger partial charge in [0.25, 0.3) is 0 Å². The highest BCUT2D eigenvalue weighted by molar-refractivity contribution is 5.94. The molecule has 150 valence electrons. The first-order valence-electron chi connectivity index (χ1n) is 10.00. The third-order valence-corrected chi connectivity index (χ3v) is 5.42. The first kappa shape index (κ1) is 18.7. The van der Waals surface area contributed by atoms with Gasteiger partial charge in [-0.2, -0.15) is 5.10 Å². The SMILES string of the molecule is Cn1cccc1-c1cc2n(n1)CCC(=O)N2CCCC(=O)NCC1CCCO1. The minimum atomic E-state index is 0.0120. The molecule has 2 aromatic heterocycles. The number of anilines is 1. The molecular weight excluding hydrogens is 358 g/mol. The molecule has 0 aromatic carbocycles. The number of carbonyl (C=O) groups is 2. The topological polar surface area (TPSA) is 81.4 Å². The number of ether oxygens (including phenoxy) is 1. The normalized spacial score (nSPS) is 19.1. The largest absolute Gasteiger partial charge is 0.376 e. The summed E-state index contributed by atoms with van der Waals surface area (Å²) in [6, 6.07) is 5.95. The second-order valence-corrected chi connectivity index (χ2v) is 7.45. The minimum absolute atomic E-state index is 0.0120. The maximum atomic E-state index is 12.5. The summed E-state index contributed by atoms with van der Waals surface area (Å²) in [6.07, 6.45) is 5.66. The van der Waals surface area contributed by atoms with Gasteiger partial charge in [0, 0.05) is 51.8 Å². The fourth-order valence-corrected chi connectivity index (χ4v) is 3.86. The first-order valence-corrected chi connectivity index (χ1v) is 10.00. The van der Waals surface area contributed by atoms with Crippen LogP contribution in [0.2, 0.25) is 0 Å². The maximum Gasteiger partial charge on any atom is 0.229 e. The monoisotopic (exact) mass is 385 g/mol. The van der Waals surface area contributed by atoms with Crippen LogP contribution in [0, 0.1) is 0 Å². The quantitative estimate of drug-likeness (QED) is 0.787. The van der Waals surface area contributed by atoms with E-state index in [0.717, 1.165) is 36.7 Å². The fourth-order valence-electron chi connectivity index (χ4n) is 3.86. The van der Waals surface area contributed by atoms with Crippen molar-refractivity contribution in [2.24, 2.45) is 7.05 Å². The van der Waals surface area contributed by atoms with Crippen molar-refractivity contribution < 1.29 is 14.3 Å². The number of carbonyl (C=O) groups excluding carboxylic acids is 2. The Bertz CT molecular complexity index is 850.